The number of hydrogen-bond acceptors (Lipinski definition) is 3. The number of rotatable bonds is 4. The Bertz CT molecular complexity index is 1600. The summed E-state index contributed by atoms with van der Waals surface area (Å²) in [7, 11) is 0. The van der Waals surface area contributed by atoms with Crippen LogP contribution in [0.1, 0.15) is 0 Å². The first-order valence-electron chi connectivity index (χ1n) is 10.9. The van der Waals surface area contributed by atoms with Crippen LogP contribution in [0.4, 0.5) is 0 Å². The predicted molar refractivity (Wildman–Crippen MR) is 134 cm³/mol. The molecular formula is C30H20N2O. The van der Waals surface area contributed by atoms with E-state index in [1.165, 1.54) is 10.8 Å². The van der Waals surface area contributed by atoms with Crippen LogP contribution in [0.15, 0.2) is 122 Å². The number of nitrogens with zero attached hydrogens (tertiary/aromatic N) is 2. The molecule has 0 fully saturated rings. The molecule has 6 aromatic rings. The van der Waals surface area contributed by atoms with Crippen molar-refractivity contribution in [2.24, 2.45) is 0 Å². The Morgan fingerprint density at radius 3 is 2.06 bits per heavy atom. The van der Waals surface area contributed by atoms with Crippen LogP contribution in [-0.2, 0) is 0 Å². The lowest BCUT2D eigenvalue weighted by Crippen LogP contribution is -1.89. The molecule has 0 amide bonds. The van der Waals surface area contributed by atoms with E-state index in [1.807, 2.05) is 79.1 Å². The molecule has 4 aromatic carbocycles. The Morgan fingerprint density at radius 1 is 0.515 bits per heavy atom. The van der Waals surface area contributed by atoms with Crippen molar-refractivity contribution in [3.63, 3.8) is 0 Å². The number of pyridine rings is 2. The van der Waals surface area contributed by atoms with E-state index in [4.69, 9.17) is 4.74 Å². The van der Waals surface area contributed by atoms with Gasteiger partial charge >= 0.3 is 0 Å². The summed E-state index contributed by atoms with van der Waals surface area (Å²) < 4.78 is 6.25. The van der Waals surface area contributed by atoms with E-state index < -0.39 is 0 Å². The third kappa shape index (κ3) is 3.81. The van der Waals surface area contributed by atoms with Crippen molar-refractivity contribution in [3.05, 3.63) is 122 Å². The van der Waals surface area contributed by atoms with E-state index in [9.17, 15) is 0 Å². The first-order chi connectivity index (χ1) is 16.3. The first-order valence-corrected chi connectivity index (χ1v) is 10.9. The van der Waals surface area contributed by atoms with Crippen LogP contribution in [-0.4, -0.2) is 9.97 Å². The van der Waals surface area contributed by atoms with Gasteiger partial charge in [-0.15, -0.1) is 0 Å². The number of benzene rings is 4. The maximum absolute atomic E-state index is 6.25. The molecule has 0 aliphatic rings. The first kappa shape index (κ1) is 19.2. The van der Waals surface area contributed by atoms with Gasteiger partial charge in [0.25, 0.3) is 0 Å². The summed E-state index contributed by atoms with van der Waals surface area (Å²) in [6, 6.07) is 36.8. The minimum Gasteiger partial charge on any atom is -0.457 e. The van der Waals surface area contributed by atoms with Gasteiger partial charge < -0.3 is 4.74 Å². The average molecular weight is 425 g/mol. The quantitative estimate of drug-likeness (QED) is 0.288. The third-order valence-electron chi connectivity index (χ3n) is 5.78. The maximum Gasteiger partial charge on any atom is 0.128 e. The van der Waals surface area contributed by atoms with Gasteiger partial charge in [-0.2, -0.15) is 0 Å². The van der Waals surface area contributed by atoms with Gasteiger partial charge in [-0.25, -0.2) is 0 Å². The van der Waals surface area contributed by atoms with Crippen LogP contribution in [0, 0.1) is 0 Å². The molecule has 3 nitrogen and oxygen atoms in total. The van der Waals surface area contributed by atoms with Gasteiger partial charge in [0.15, 0.2) is 0 Å². The molecule has 2 heterocycles. The highest BCUT2D eigenvalue weighted by Gasteiger charge is 2.08. The minimum atomic E-state index is 0.769. The van der Waals surface area contributed by atoms with Crippen molar-refractivity contribution in [1.29, 1.82) is 0 Å². The SMILES string of the molecule is c1cc(Oc2cccc(-c3nccc4ccccc34)c2)cc(-c2cc3ccccc3cn2)c1. The molecule has 0 aliphatic heterocycles. The summed E-state index contributed by atoms with van der Waals surface area (Å²) >= 11 is 0. The van der Waals surface area contributed by atoms with Crippen molar-refractivity contribution in [2.75, 3.05) is 0 Å². The van der Waals surface area contributed by atoms with Gasteiger partial charge in [-0.3, -0.25) is 9.97 Å². The molecule has 2 aromatic heterocycles. The van der Waals surface area contributed by atoms with Gasteiger partial charge in [-0.1, -0.05) is 72.8 Å². The van der Waals surface area contributed by atoms with E-state index in [1.54, 1.807) is 0 Å². The molecule has 0 unspecified atom stereocenters. The average Bonchev–Trinajstić information content (AvgIpc) is 2.88. The van der Waals surface area contributed by atoms with Gasteiger partial charge in [0.2, 0.25) is 0 Å². The lowest BCUT2D eigenvalue weighted by atomic mass is 10.0. The summed E-state index contributed by atoms with van der Waals surface area (Å²) in [5.74, 6) is 1.54. The predicted octanol–water partition coefficient (Wildman–Crippen LogP) is 7.91. The Labute approximate surface area is 192 Å². The highest BCUT2D eigenvalue weighted by molar-refractivity contribution is 5.94. The molecule has 0 spiro atoms. The van der Waals surface area contributed by atoms with Crippen LogP contribution >= 0.6 is 0 Å². The van der Waals surface area contributed by atoms with Crippen LogP contribution in [0.3, 0.4) is 0 Å². The molecule has 0 saturated carbocycles. The van der Waals surface area contributed by atoms with Crippen LogP contribution in [0.25, 0.3) is 44.1 Å². The van der Waals surface area contributed by atoms with Crippen molar-refractivity contribution in [3.8, 4) is 34.0 Å². The van der Waals surface area contributed by atoms with E-state index in [-0.39, 0.29) is 0 Å². The van der Waals surface area contributed by atoms with Gasteiger partial charge in [-0.05, 0) is 47.2 Å². The summed E-state index contributed by atoms with van der Waals surface area (Å²) in [6.45, 7) is 0. The summed E-state index contributed by atoms with van der Waals surface area (Å²) in [5.41, 5.74) is 3.92. The van der Waals surface area contributed by atoms with Crippen molar-refractivity contribution in [1.82, 2.24) is 9.97 Å². The Morgan fingerprint density at radius 2 is 1.21 bits per heavy atom. The fourth-order valence-corrected chi connectivity index (χ4v) is 4.15. The highest BCUT2D eigenvalue weighted by Crippen LogP contribution is 2.32. The smallest absolute Gasteiger partial charge is 0.128 e. The topological polar surface area (TPSA) is 35.0 Å². The van der Waals surface area contributed by atoms with E-state index in [2.05, 4.69) is 52.4 Å². The van der Waals surface area contributed by atoms with Gasteiger partial charge in [0.1, 0.15) is 11.5 Å². The van der Waals surface area contributed by atoms with Crippen molar-refractivity contribution >= 4 is 21.5 Å². The highest BCUT2D eigenvalue weighted by atomic mass is 16.5. The standard InChI is InChI=1S/C30H20N2O/c1-2-9-25-20-32-29(19-22(25)8-1)23-10-5-12-26(17-23)33-27-13-6-11-24(18-27)30-28-14-4-3-7-21(28)15-16-31-30/h1-20H. The van der Waals surface area contributed by atoms with Crippen molar-refractivity contribution in [2.45, 2.75) is 0 Å². The third-order valence-corrected chi connectivity index (χ3v) is 5.78. The summed E-state index contributed by atoms with van der Waals surface area (Å²) in [4.78, 5) is 9.28. The molecule has 3 heteroatoms. The molecule has 0 atom stereocenters. The largest absolute Gasteiger partial charge is 0.457 e. The maximum atomic E-state index is 6.25. The molecule has 156 valence electrons. The zero-order chi connectivity index (χ0) is 22.0. The molecule has 0 radical (unpaired) electrons. The van der Waals surface area contributed by atoms with Crippen molar-refractivity contribution < 1.29 is 4.74 Å². The monoisotopic (exact) mass is 424 g/mol. The Kier molecular flexibility index (Phi) is 4.78. The molecule has 0 aliphatic carbocycles. The Balaban J connectivity index is 1.33. The van der Waals surface area contributed by atoms with E-state index in [0.29, 0.717) is 0 Å². The van der Waals surface area contributed by atoms with E-state index in [0.717, 1.165) is 44.8 Å². The molecule has 33 heavy (non-hydrogen) atoms. The van der Waals surface area contributed by atoms with Crippen LogP contribution in [0.2, 0.25) is 0 Å². The zero-order valence-electron chi connectivity index (χ0n) is 17.8. The van der Waals surface area contributed by atoms with Gasteiger partial charge in [0, 0.05) is 34.3 Å². The molecule has 0 bridgehead atoms. The van der Waals surface area contributed by atoms with E-state index >= 15 is 0 Å². The fraction of sp³-hybridized carbons (Fsp3) is 0. The number of hydrogen-bond donors (Lipinski definition) is 0. The molecular weight excluding hydrogens is 404 g/mol. The fourth-order valence-electron chi connectivity index (χ4n) is 4.15. The number of ether oxygens (including phenoxy) is 1. The normalized spacial score (nSPS) is 11.0. The van der Waals surface area contributed by atoms with Crippen LogP contribution < -0.4 is 4.74 Å². The molecule has 0 N–H and O–H groups in total. The van der Waals surface area contributed by atoms with Crippen LogP contribution in [0.5, 0.6) is 11.5 Å². The second kappa shape index (κ2) is 8.21. The molecule has 0 saturated heterocycles. The summed E-state index contributed by atoms with van der Waals surface area (Å²) in [6.07, 6.45) is 3.77. The molecule has 6 rings (SSSR count). The number of aromatic nitrogens is 2. The number of fused-ring (bicyclic) bond motifs is 2. The summed E-state index contributed by atoms with van der Waals surface area (Å²) in [5, 5.41) is 4.60. The zero-order valence-corrected chi connectivity index (χ0v) is 17.8. The second-order valence-electron chi connectivity index (χ2n) is 7.96. The lowest BCUT2D eigenvalue weighted by molar-refractivity contribution is 0.483. The lowest BCUT2D eigenvalue weighted by Gasteiger charge is -2.10. The second-order valence-corrected chi connectivity index (χ2v) is 7.96. The Hall–Kier alpha value is -4.50. The minimum absolute atomic E-state index is 0.769. The van der Waals surface area contributed by atoms with Gasteiger partial charge in [0.05, 0.1) is 11.4 Å².